The zero-order valence-corrected chi connectivity index (χ0v) is 23.4. The quantitative estimate of drug-likeness (QED) is 0.331. The summed E-state index contributed by atoms with van der Waals surface area (Å²) in [4.78, 5) is 27.9. The Bertz CT molecular complexity index is 1280. The Hall–Kier alpha value is -3.03. The smallest absolute Gasteiger partial charge is 0.265 e. The fraction of sp³-hybridized carbons (Fsp3) is 0.379. The van der Waals surface area contributed by atoms with Gasteiger partial charge in [-0.2, -0.15) is 0 Å². The van der Waals surface area contributed by atoms with Crippen LogP contribution in [0.15, 0.2) is 48.5 Å². The van der Waals surface area contributed by atoms with E-state index in [0.29, 0.717) is 38.7 Å². The zero-order valence-electron chi connectivity index (χ0n) is 21.8. The van der Waals surface area contributed by atoms with Gasteiger partial charge in [-0.3, -0.25) is 9.59 Å². The average Bonchev–Trinajstić information content (AvgIpc) is 3.22. The minimum Gasteiger partial charge on any atom is -0.495 e. The van der Waals surface area contributed by atoms with E-state index in [1.807, 2.05) is 12.1 Å². The van der Waals surface area contributed by atoms with Crippen LogP contribution in [0, 0.1) is 11.3 Å². The van der Waals surface area contributed by atoms with Gasteiger partial charge in [0.15, 0.2) is 6.10 Å². The number of halogens is 1. The minimum absolute atomic E-state index is 0.159. The van der Waals surface area contributed by atoms with Crippen LogP contribution >= 0.6 is 22.9 Å². The number of amides is 2. The van der Waals surface area contributed by atoms with E-state index in [0.717, 1.165) is 29.7 Å². The first-order valence-electron chi connectivity index (χ1n) is 12.4. The number of rotatable bonds is 7. The molecule has 0 saturated carbocycles. The molecular formula is C29H33ClN2O4S. The lowest BCUT2D eigenvalue weighted by atomic mass is 9.72. The summed E-state index contributed by atoms with van der Waals surface area (Å²) in [7, 11) is 1.57. The summed E-state index contributed by atoms with van der Waals surface area (Å²) < 4.78 is 11.2. The maximum Gasteiger partial charge on any atom is 0.265 e. The van der Waals surface area contributed by atoms with Crippen LogP contribution in [-0.2, 0) is 17.6 Å². The summed E-state index contributed by atoms with van der Waals surface area (Å²) in [5.41, 5.74) is 2.27. The van der Waals surface area contributed by atoms with Crippen molar-refractivity contribution in [2.45, 2.75) is 53.1 Å². The molecule has 0 saturated heterocycles. The first kappa shape index (κ1) is 27.0. The number of fused-ring (bicyclic) bond motifs is 1. The molecule has 6 nitrogen and oxygen atoms in total. The van der Waals surface area contributed by atoms with Crippen LogP contribution in [0.5, 0.6) is 11.5 Å². The first-order chi connectivity index (χ1) is 17.6. The Morgan fingerprint density at radius 2 is 1.78 bits per heavy atom. The molecule has 3 aromatic rings. The summed E-state index contributed by atoms with van der Waals surface area (Å²) in [5, 5.41) is 7.11. The van der Waals surface area contributed by atoms with E-state index in [1.54, 1.807) is 50.4 Å². The van der Waals surface area contributed by atoms with E-state index < -0.39 is 6.10 Å². The molecule has 8 heteroatoms. The Morgan fingerprint density at radius 3 is 2.46 bits per heavy atom. The van der Waals surface area contributed by atoms with Crippen LogP contribution in [0.4, 0.5) is 10.7 Å². The topological polar surface area (TPSA) is 76.7 Å². The van der Waals surface area contributed by atoms with Crippen molar-refractivity contribution < 1.29 is 19.1 Å². The van der Waals surface area contributed by atoms with E-state index in [1.165, 1.54) is 11.3 Å². The fourth-order valence-corrected chi connectivity index (χ4v) is 6.02. The van der Waals surface area contributed by atoms with Gasteiger partial charge in [-0.15, -0.1) is 11.3 Å². The van der Waals surface area contributed by atoms with Gasteiger partial charge in [0, 0.05) is 9.90 Å². The van der Waals surface area contributed by atoms with Crippen molar-refractivity contribution in [3.05, 3.63) is 69.6 Å². The lowest BCUT2D eigenvalue weighted by molar-refractivity contribution is -0.122. The fourth-order valence-electron chi connectivity index (χ4n) is 4.57. The molecule has 1 aliphatic rings. The Morgan fingerprint density at radius 1 is 1.08 bits per heavy atom. The molecule has 196 valence electrons. The highest BCUT2D eigenvalue weighted by Gasteiger charge is 2.34. The number of benzene rings is 2. The number of carbonyl (C=O) groups is 2. The first-order valence-corrected chi connectivity index (χ1v) is 13.6. The van der Waals surface area contributed by atoms with Gasteiger partial charge in [0.05, 0.1) is 18.4 Å². The molecule has 1 aliphatic carbocycles. The molecule has 0 fully saturated rings. The van der Waals surface area contributed by atoms with Gasteiger partial charge < -0.3 is 20.1 Å². The predicted molar refractivity (Wildman–Crippen MR) is 150 cm³/mol. The van der Waals surface area contributed by atoms with Crippen molar-refractivity contribution in [1.29, 1.82) is 0 Å². The van der Waals surface area contributed by atoms with Crippen LogP contribution in [-0.4, -0.2) is 25.0 Å². The molecule has 1 heterocycles. The molecule has 2 unspecified atom stereocenters. The van der Waals surface area contributed by atoms with E-state index in [9.17, 15) is 9.59 Å². The van der Waals surface area contributed by atoms with E-state index in [-0.39, 0.29) is 17.2 Å². The monoisotopic (exact) mass is 540 g/mol. The largest absolute Gasteiger partial charge is 0.495 e. The number of hydrogen-bond acceptors (Lipinski definition) is 5. The van der Waals surface area contributed by atoms with Gasteiger partial charge in [0.2, 0.25) is 0 Å². The highest BCUT2D eigenvalue weighted by Crippen LogP contribution is 2.44. The number of thiophene rings is 1. The molecule has 2 N–H and O–H groups in total. The molecule has 37 heavy (non-hydrogen) atoms. The van der Waals surface area contributed by atoms with Crippen molar-refractivity contribution in [2.75, 3.05) is 17.7 Å². The molecule has 2 atom stereocenters. The molecule has 0 aliphatic heterocycles. The summed E-state index contributed by atoms with van der Waals surface area (Å²) in [5.74, 6) is 1.02. The standard InChI is InChI=1S/C29H33ClN2O4S/c1-17(36-20-13-11-19(30)12-14-20)26(33)32-28-25(27(34)31-22-8-6-7-9-23(22)35-5)21-15-10-18(29(2,3)4)16-24(21)37-28/h6-9,11-14,17-18H,10,15-16H2,1-5H3,(H,31,34)(H,32,33). The van der Waals surface area contributed by atoms with Crippen molar-refractivity contribution in [2.24, 2.45) is 11.3 Å². The SMILES string of the molecule is COc1ccccc1NC(=O)c1c(NC(=O)C(C)Oc2ccc(Cl)cc2)sc2c1CCC(C(C)(C)C)C2. The number of para-hydroxylation sites is 2. The lowest BCUT2D eigenvalue weighted by Gasteiger charge is -2.33. The number of carbonyl (C=O) groups excluding carboxylic acids is 2. The lowest BCUT2D eigenvalue weighted by Crippen LogP contribution is -2.30. The summed E-state index contributed by atoms with van der Waals surface area (Å²) >= 11 is 7.44. The second-order valence-corrected chi connectivity index (χ2v) is 11.9. The molecule has 4 rings (SSSR count). The third-order valence-corrected chi connectivity index (χ3v) is 8.23. The van der Waals surface area contributed by atoms with E-state index in [2.05, 4.69) is 31.4 Å². The molecular weight excluding hydrogens is 508 g/mol. The second-order valence-electron chi connectivity index (χ2n) is 10.4. The van der Waals surface area contributed by atoms with Gasteiger partial charge in [-0.05, 0) is 79.5 Å². The molecule has 1 aromatic heterocycles. The van der Waals surface area contributed by atoms with Crippen molar-refractivity contribution in [3.63, 3.8) is 0 Å². The van der Waals surface area contributed by atoms with Gasteiger partial charge >= 0.3 is 0 Å². The Kier molecular flexibility index (Phi) is 8.14. The molecule has 2 amide bonds. The maximum atomic E-state index is 13.6. The number of nitrogens with one attached hydrogen (secondary N) is 2. The third-order valence-electron chi connectivity index (χ3n) is 6.80. The summed E-state index contributed by atoms with van der Waals surface area (Å²) in [6.07, 6.45) is 1.89. The van der Waals surface area contributed by atoms with E-state index >= 15 is 0 Å². The summed E-state index contributed by atoms with van der Waals surface area (Å²) in [6.45, 7) is 8.44. The Balaban J connectivity index is 1.62. The number of hydrogen-bond donors (Lipinski definition) is 2. The van der Waals surface area contributed by atoms with Crippen molar-refractivity contribution in [1.82, 2.24) is 0 Å². The highest BCUT2D eigenvalue weighted by molar-refractivity contribution is 7.17. The van der Waals surface area contributed by atoms with Crippen LogP contribution in [0.25, 0.3) is 0 Å². The predicted octanol–water partition coefficient (Wildman–Crippen LogP) is 7.22. The second kappa shape index (κ2) is 11.2. The molecule has 0 bridgehead atoms. The van der Waals surface area contributed by atoms with Crippen LogP contribution in [0.2, 0.25) is 5.02 Å². The van der Waals surface area contributed by atoms with Gasteiger partial charge in [-0.1, -0.05) is 44.5 Å². The maximum absolute atomic E-state index is 13.6. The van der Waals surface area contributed by atoms with E-state index in [4.69, 9.17) is 21.1 Å². The molecule has 0 spiro atoms. The highest BCUT2D eigenvalue weighted by atomic mass is 35.5. The van der Waals surface area contributed by atoms with Crippen LogP contribution < -0.4 is 20.1 Å². The molecule has 2 aromatic carbocycles. The minimum atomic E-state index is -0.771. The summed E-state index contributed by atoms with van der Waals surface area (Å²) in [6, 6.07) is 14.1. The van der Waals surface area contributed by atoms with Crippen LogP contribution in [0.1, 0.15) is 54.9 Å². The zero-order chi connectivity index (χ0) is 26.7. The van der Waals surface area contributed by atoms with Crippen molar-refractivity contribution in [3.8, 4) is 11.5 Å². The van der Waals surface area contributed by atoms with Gasteiger partial charge in [0.1, 0.15) is 16.5 Å². The van der Waals surface area contributed by atoms with Gasteiger partial charge in [-0.25, -0.2) is 0 Å². The van der Waals surface area contributed by atoms with Gasteiger partial charge in [0.25, 0.3) is 11.8 Å². The normalized spacial score (nSPS) is 15.9. The molecule has 0 radical (unpaired) electrons. The number of anilines is 2. The van der Waals surface area contributed by atoms with Crippen molar-refractivity contribution >= 4 is 45.4 Å². The number of ether oxygens (including phenoxy) is 2. The Labute approximate surface area is 227 Å². The number of methoxy groups -OCH3 is 1. The average molecular weight is 541 g/mol. The third kappa shape index (κ3) is 6.28. The van der Waals surface area contributed by atoms with Crippen LogP contribution in [0.3, 0.4) is 0 Å².